The molecule has 0 aromatic heterocycles. The number of rotatable bonds is 6. The summed E-state index contributed by atoms with van der Waals surface area (Å²) in [5.41, 5.74) is 0. The Balaban J connectivity index is 3.58. The molecule has 14 heavy (non-hydrogen) atoms. The molecule has 0 saturated heterocycles. The van der Waals surface area contributed by atoms with Crippen LogP contribution in [0.4, 0.5) is 0 Å². The summed E-state index contributed by atoms with van der Waals surface area (Å²) in [5, 5.41) is 20.1. The van der Waals surface area contributed by atoms with E-state index in [-0.39, 0.29) is 31.2 Å². The van der Waals surface area contributed by atoms with Crippen molar-refractivity contribution in [3.8, 4) is 0 Å². The third-order valence-electron chi connectivity index (χ3n) is 1.84. The van der Waals surface area contributed by atoms with Crippen molar-refractivity contribution in [3.63, 3.8) is 0 Å². The molecule has 0 aliphatic rings. The topological polar surface area (TPSA) is 86.6 Å². The number of amides is 1. The predicted molar refractivity (Wildman–Crippen MR) is 50.7 cm³/mol. The van der Waals surface area contributed by atoms with Gasteiger partial charge >= 0.3 is 5.97 Å². The molecular weight excluding hydrogens is 186 g/mol. The summed E-state index contributed by atoms with van der Waals surface area (Å²) in [7, 11) is 0. The van der Waals surface area contributed by atoms with Gasteiger partial charge in [0.2, 0.25) is 5.91 Å². The first-order valence-electron chi connectivity index (χ1n) is 4.60. The van der Waals surface area contributed by atoms with Gasteiger partial charge in [-0.15, -0.1) is 0 Å². The van der Waals surface area contributed by atoms with Crippen molar-refractivity contribution in [1.29, 1.82) is 0 Å². The van der Waals surface area contributed by atoms with Crippen molar-refractivity contribution in [3.05, 3.63) is 0 Å². The van der Waals surface area contributed by atoms with Crippen LogP contribution in [0.15, 0.2) is 0 Å². The molecule has 5 heteroatoms. The van der Waals surface area contributed by atoms with Crippen LogP contribution in [0.5, 0.6) is 0 Å². The molecule has 0 fully saturated rings. The van der Waals surface area contributed by atoms with Crippen LogP contribution in [-0.4, -0.2) is 34.7 Å². The van der Waals surface area contributed by atoms with Crippen LogP contribution < -0.4 is 5.32 Å². The average molecular weight is 203 g/mol. The van der Waals surface area contributed by atoms with Gasteiger partial charge in [-0.1, -0.05) is 13.8 Å². The third kappa shape index (κ3) is 6.42. The second-order valence-electron chi connectivity index (χ2n) is 3.51. The summed E-state index contributed by atoms with van der Waals surface area (Å²) < 4.78 is 0. The van der Waals surface area contributed by atoms with E-state index in [0.29, 0.717) is 0 Å². The van der Waals surface area contributed by atoms with E-state index in [0.717, 1.165) is 0 Å². The lowest BCUT2D eigenvalue weighted by molar-refractivity contribution is -0.138. The number of carbonyl (C=O) groups is 2. The largest absolute Gasteiger partial charge is 0.481 e. The maximum Gasteiger partial charge on any atom is 0.303 e. The first-order valence-corrected chi connectivity index (χ1v) is 4.60. The van der Waals surface area contributed by atoms with Crippen LogP contribution in [0, 0.1) is 5.92 Å². The van der Waals surface area contributed by atoms with E-state index in [1.54, 1.807) is 0 Å². The highest BCUT2D eigenvalue weighted by atomic mass is 16.4. The zero-order chi connectivity index (χ0) is 11.1. The number of aliphatic hydroxyl groups is 1. The molecule has 3 N–H and O–H groups in total. The maximum absolute atomic E-state index is 11.0. The molecule has 1 unspecified atom stereocenters. The Morgan fingerprint density at radius 2 is 1.86 bits per heavy atom. The molecule has 0 radical (unpaired) electrons. The standard InChI is InChI=1S/C9H17NO4/c1-6(2)7(11)5-10-8(12)3-4-9(13)14/h6-7,11H,3-5H2,1-2H3,(H,10,12)(H,13,14). The van der Waals surface area contributed by atoms with Gasteiger partial charge in [0.25, 0.3) is 0 Å². The van der Waals surface area contributed by atoms with E-state index in [1.165, 1.54) is 0 Å². The Morgan fingerprint density at radius 1 is 1.29 bits per heavy atom. The molecule has 1 amide bonds. The summed E-state index contributed by atoms with van der Waals surface area (Å²) in [6.45, 7) is 3.86. The SMILES string of the molecule is CC(C)C(O)CNC(=O)CCC(=O)O. The summed E-state index contributed by atoms with van der Waals surface area (Å²) in [6, 6.07) is 0. The van der Waals surface area contributed by atoms with Crippen LogP contribution in [0.3, 0.4) is 0 Å². The van der Waals surface area contributed by atoms with Crippen molar-refractivity contribution in [1.82, 2.24) is 5.32 Å². The highest BCUT2D eigenvalue weighted by molar-refractivity contribution is 5.80. The Labute approximate surface area is 83.1 Å². The summed E-state index contributed by atoms with van der Waals surface area (Å²) in [4.78, 5) is 21.1. The van der Waals surface area contributed by atoms with Crippen LogP contribution in [0.1, 0.15) is 26.7 Å². The Hall–Kier alpha value is -1.10. The number of carbonyl (C=O) groups excluding carboxylic acids is 1. The van der Waals surface area contributed by atoms with Crippen LogP contribution in [0.25, 0.3) is 0 Å². The van der Waals surface area contributed by atoms with E-state index in [4.69, 9.17) is 5.11 Å². The lowest BCUT2D eigenvalue weighted by atomic mass is 10.1. The molecule has 5 nitrogen and oxygen atoms in total. The summed E-state index contributed by atoms with van der Waals surface area (Å²) >= 11 is 0. The lowest BCUT2D eigenvalue weighted by Crippen LogP contribution is -2.34. The minimum atomic E-state index is -0.996. The number of aliphatic hydroxyl groups excluding tert-OH is 1. The normalized spacial score (nSPS) is 12.6. The molecular formula is C9H17NO4. The van der Waals surface area contributed by atoms with Gasteiger partial charge < -0.3 is 15.5 Å². The van der Waals surface area contributed by atoms with Crippen molar-refractivity contribution >= 4 is 11.9 Å². The quantitative estimate of drug-likeness (QED) is 0.566. The molecule has 0 aromatic rings. The fourth-order valence-corrected chi connectivity index (χ4v) is 0.763. The van der Waals surface area contributed by atoms with Crippen LogP contribution >= 0.6 is 0 Å². The summed E-state index contributed by atoms with van der Waals surface area (Å²) in [6.07, 6.45) is -0.798. The molecule has 1 atom stereocenters. The number of aliphatic carboxylic acids is 1. The zero-order valence-corrected chi connectivity index (χ0v) is 8.49. The monoisotopic (exact) mass is 203 g/mol. The van der Waals surface area contributed by atoms with Gasteiger partial charge in [0.1, 0.15) is 0 Å². The first-order chi connectivity index (χ1) is 6.43. The van der Waals surface area contributed by atoms with Crippen LogP contribution in [0.2, 0.25) is 0 Å². The van der Waals surface area contributed by atoms with Crippen LogP contribution in [-0.2, 0) is 9.59 Å². The second-order valence-corrected chi connectivity index (χ2v) is 3.51. The van der Waals surface area contributed by atoms with E-state index in [2.05, 4.69) is 5.32 Å². The molecule has 0 aromatic carbocycles. The number of nitrogens with one attached hydrogen (secondary N) is 1. The molecule has 0 aliphatic heterocycles. The zero-order valence-electron chi connectivity index (χ0n) is 8.49. The van der Waals surface area contributed by atoms with Gasteiger partial charge in [0, 0.05) is 13.0 Å². The molecule has 0 heterocycles. The minimum Gasteiger partial charge on any atom is -0.481 e. The van der Waals surface area contributed by atoms with E-state index in [9.17, 15) is 14.7 Å². The third-order valence-corrected chi connectivity index (χ3v) is 1.84. The van der Waals surface area contributed by atoms with Crippen molar-refractivity contribution in [2.75, 3.05) is 6.54 Å². The highest BCUT2D eigenvalue weighted by Crippen LogP contribution is 1.99. The molecule has 0 bridgehead atoms. The van der Waals surface area contributed by atoms with Crippen molar-refractivity contribution in [2.45, 2.75) is 32.8 Å². The van der Waals surface area contributed by atoms with E-state index >= 15 is 0 Å². The van der Waals surface area contributed by atoms with Gasteiger partial charge in [-0.2, -0.15) is 0 Å². The number of hydrogen-bond donors (Lipinski definition) is 3. The first kappa shape index (κ1) is 12.9. The second kappa shape index (κ2) is 6.37. The molecule has 0 spiro atoms. The van der Waals surface area contributed by atoms with E-state index in [1.807, 2.05) is 13.8 Å². The fraction of sp³-hybridized carbons (Fsp3) is 0.778. The van der Waals surface area contributed by atoms with Crippen molar-refractivity contribution < 1.29 is 19.8 Å². The molecule has 0 saturated carbocycles. The minimum absolute atomic E-state index is 0.0415. The maximum atomic E-state index is 11.0. The summed E-state index contributed by atoms with van der Waals surface area (Å²) in [5.74, 6) is -1.26. The molecule has 0 rings (SSSR count). The number of hydrogen-bond acceptors (Lipinski definition) is 3. The Kier molecular flexibility index (Phi) is 5.87. The molecule has 82 valence electrons. The number of carboxylic acids is 1. The smallest absolute Gasteiger partial charge is 0.303 e. The van der Waals surface area contributed by atoms with Crippen molar-refractivity contribution in [2.24, 2.45) is 5.92 Å². The fourth-order valence-electron chi connectivity index (χ4n) is 0.763. The van der Waals surface area contributed by atoms with Gasteiger partial charge in [0.15, 0.2) is 0 Å². The highest BCUT2D eigenvalue weighted by Gasteiger charge is 2.11. The number of carboxylic acid groups (broad SMARTS) is 1. The van der Waals surface area contributed by atoms with E-state index < -0.39 is 12.1 Å². The van der Waals surface area contributed by atoms with Gasteiger partial charge in [-0.3, -0.25) is 9.59 Å². The predicted octanol–water partition coefficient (Wildman–Crippen LogP) is -0.0157. The molecule has 0 aliphatic carbocycles. The van der Waals surface area contributed by atoms with Gasteiger partial charge in [0.05, 0.1) is 12.5 Å². The average Bonchev–Trinajstić information content (AvgIpc) is 2.10. The Morgan fingerprint density at radius 3 is 2.29 bits per heavy atom. The Bertz CT molecular complexity index is 203. The van der Waals surface area contributed by atoms with Gasteiger partial charge in [-0.25, -0.2) is 0 Å². The lowest BCUT2D eigenvalue weighted by Gasteiger charge is -2.14. The van der Waals surface area contributed by atoms with Gasteiger partial charge in [-0.05, 0) is 5.92 Å².